The fraction of sp³-hybridized carbons (Fsp3) is 0.200. The number of hydrogen-bond donors (Lipinski definition) is 0. The predicted octanol–water partition coefficient (Wildman–Crippen LogP) is 3.43. The lowest BCUT2D eigenvalue weighted by molar-refractivity contribution is 0.505. The molecule has 1 heterocycles. The van der Waals surface area contributed by atoms with Crippen LogP contribution in [0.25, 0.3) is 0 Å². The molecule has 0 bridgehead atoms. The monoisotopic (exact) mass is 273 g/mol. The van der Waals surface area contributed by atoms with Gasteiger partial charge in [-0.15, -0.1) is 0 Å². The minimum atomic E-state index is -0.885. The molecule has 102 valence electrons. The van der Waals surface area contributed by atoms with Gasteiger partial charge in [0.2, 0.25) is 0 Å². The van der Waals surface area contributed by atoms with E-state index in [1.807, 2.05) is 6.92 Å². The van der Waals surface area contributed by atoms with E-state index in [1.54, 1.807) is 30.3 Å². The Labute approximate surface area is 116 Å². The molecule has 0 aliphatic heterocycles. The molecule has 0 spiro atoms. The first-order chi connectivity index (χ1) is 9.54. The zero-order valence-electron chi connectivity index (χ0n) is 11.1. The summed E-state index contributed by atoms with van der Waals surface area (Å²) in [6.45, 7) is 1.84. The van der Waals surface area contributed by atoms with Crippen LogP contribution in [0.4, 0.5) is 14.6 Å². The number of pyridine rings is 1. The van der Waals surface area contributed by atoms with E-state index < -0.39 is 11.6 Å². The normalized spacial score (nSPS) is 11.8. The van der Waals surface area contributed by atoms with Crippen LogP contribution < -0.4 is 4.90 Å². The third-order valence-corrected chi connectivity index (χ3v) is 3.25. The molecule has 3 nitrogen and oxygen atoms in total. The van der Waals surface area contributed by atoms with Crippen LogP contribution in [0, 0.1) is 23.0 Å². The van der Waals surface area contributed by atoms with Gasteiger partial charge in [-0.05, 0) is 36.8 Å². The number of anilines is 1. The van der Waals surface area contributed by atoms with E-state index in [1.165, 1.54) is 6.07 Å². The van der Waals surface area contributed by atoms with Crippen molar-refractivity contribution in [1.82, 2.24) is 4.98 Å². The number of nitriles is 1. The maximum Gasteiger partial charge on any atom is 0.159 e. The largest absolute Gasteiger partial charge is 0.352 e. The molecule has 0 aliphatic carbocycles. The molecule has 1 atom stereocenters. The second kappa shape index (κ2) is 5.66. The summed E-state index contributed by atoms with van der Waals surface area (Å²) in [5, 5.41) is 9.07. The summed E-state index contributed by atoms with van der Waals surface area (Å²) in [4.78, 5) is 5.93. The van der Waals surface area contributed by atoms with Crippen LogP contribution in [0.3, 0.4) is 0 Å². The van der Waals surface area contributed by atoms with Crippen molar-refractivity contribution in [2.75, 3.05) is 11.9 Å². The third-order valence-electron chi connectivity index (χ3n) is 3.25. The Morgan fingerprint density at radius 2 is 2.00 bits per heavy atom. The molecule has 0 N–H and O–H groups in total. The summed E-state index contributed by atoms with van der Waals surface area (Å²) in [7, 11) is 1.76. The zero-order valence-corrected chi connectivity index (χ0v) is 11.1. The van der Waals surface area contributed by atoms with Crippen LogP contribution in [0.5, 0.6) is 0 Å². The van der Waals surface area contributed by atoms with Gasteiger partial charge in [-0.3, -0.25) is 0 Å². The van der Waals surface area contributed by atoms with E-state index in [-0.39, 0.29) is 6.04 Å². The summed E-state index contributed by atoms with van der Waals surface area (Å²) in [6.07, 6.45) is 1.59. The van der Waals surface area contributed by atoms with Crippen molar-refractivity contribution in [3.63, 3.8) is 0 Å². The van der Waals surface area contributed by atoms with Crippen molar-refractivity contribution in [2.45, 2.75) is 13.0 Å². The number of halogens is 2. The summed E-state index contributed by atoms with van der Waals surface area (Å²) in [5.74, 6) is -1.25. The molecule has 0 saturated heterocycles. The topological polar surface area (TPSA) is 39.9 Å². The second-order valence-electron chi connectivity index (χ2n) is 4.45. The maximum atomic E-state index is 13.3. The minimum Gasteiger partial charge on any atom is -0.352 e. The molecule has 0 radical (unpaired) electrons. The van der Waals surface area contributed by atoms with Gasteiger partial charge >= 0.3 is 0 Å². The van der Waals surface area contributed by atoms with Crippen LogP contribution in [0.1, 0.15) is 24.1 Å². The van der Waals surface area contributed by atoms with E-state index in [0.717, 1.165) is 12.1 Å². The van der Waals surface area contributed by atoms with Crippen LogP contribution in [-0.4, -0.2) is 12.0 Å². The Balaban J connectivity index is 2.35. The number of benzene rings is 1. The van der Waals surface area contributed by atoms with Gasteiger partial charge in [0, 0.05) is 13.2 Å². The highest BCUT2D eigenvalue weighted by Crippen LogP contribution is 2.26. The lowest BCUT2D eigenvalue weighted by atomic mass is 10.1. The first-order valence-corrected chi connectivity index (χ1v) is 6.07. The lowest BCUT2D eigenvalue weighted by Gasteiger charge is -2.27. The Morgan fingerprint density at radius 1 is 1.25 bits per heavy atom. The molecule has 0 saturated carbocycles. The highest BCUT2D eigenvalue weighted by molar-refractivity contribution is 5.54. The Bertz CT molecular complexity index is 664. The molecule has 1 aromatic carbocycles. The van der Waals surface area contributed by atoms with Crippen molar-refractivity contribution in [3.8, 4) is 6.07 Å². The molecule has 2 rings (SSSR count). The maximum absolute atomic E-state index is 13.3. The van der Waals surface area contributed by atoms with Gasteiger partial charge in [-0.1, -0.05) is 6.07 Å². The molecule has 1 unspecified atom stereocenters. The van der Waals surface area contributed by atoms with Crippen LogP contribution in [0.15, 0.2) is 36.5 Å². The van der Waals surface area contributed by atoms with Gasteiger partial charge in [-0.25, -0.2) is 13.8 Å². The quantitative estimate of drug-likeness (QED) is 0.860. The van der Waals surface area contributed by atoms with E-state index >= 15 is 0 Å². The van der Waals surface area contributed by atoms with Gasteiger partial charge in [0.05, 0.1) is 11.6 Å². The van der Waals surface area contributed by atoms with E-state index in [4.69, 9.17) is 5.26 Å². The van der Waals surface area contributed by atoms with Gasteiger partial charge in [0.15, 0.2) is 11.6 Å². The van der Waals surface area contributed by atoms with Gasteiger partial charge in [0.25, 0.3) is 0 Å². The van der Waals surface area contributed by atoms with E-state index in [2.05, 4.69) is 11.1 Å². The number of hydrogen-bond acceptors (Lipinski definition) is 3. The average Bonchev–Trinajstić information content (AvgIpc) is 2.48. The van der Waals surface area contributed by atoms with Crippen molar-refractivity contribution < 1.29 is 8.78 Å². The van der Waals surface area contributed by atoms with E-state index in [9.17, 15) is 8.78 Å². The first kappa shape index (κ1) is 13.9. The Hall–Kier alpha value is -2.48. The SMILES string of the molecule is CC(c1ccc(F)c(F)c1)N(C)c1ncccc1C#N. The molecular formula is C15H13F2N3. The highest BCUT2D eigenvalue weighted by atomic mass is 19.2. The fourth-order valence-electron chi connectivity index (χ4n) is 1.94. The van der Waals surface area contributed by atoms with E-state index in [0.29, 0.717) is 16.9 Å². The summed E-state index contributed by atoms with van der Waals surface area (Å²) in [5.41, 5.74) is 1.05. The third kappa shape index (κ3) is 2.59. The van der Waals surface area contributed by atoms with Crippen molar-refractivity contribution in [3.05, 3.63) is 59.3 Å². The van der Waals surface area contributed by atoms with Crippen molar-refractivity contribution in [2.24, 2.45) is 0 Å². The van der Waals surface area contributed by atoms with Crippen LogP contribution in [-0.2, 0) is 0 Å². The number of rotatable bonds is 3. The minimum absolute atomic E-state index is 0.243. The molecule has 0 aliphatic rings. The smallest absolute Gasteiger partial charge is 0.159 e. The molecule has 0 fully saturated rings. The van der Waals surface area contributed by atoms with Crippen molar-refractivity contribution in [1.29, 1.82) is 5.26 Å². The Kier molecular flexibility index (Phi) is 3.94. The average molecular weight is 273 g/mol. The predicted molar refractivity (Wildman–Crippen MR) is 72.1 cm³/mol. The summed E-state index contributed by atoms with van der Waals surface area (Å²) < 4.78 is 26.3. The Morgan fingerprint density at radius 3 is 2.65 bits per heavy atom. The molecule has 0 amide bonds. The lowest BCUT2D eigenvalue weighted by Crippen LogP contribution is -2.23. The molecule has 20 heavy (non-hydrogen) atoms. The highest BCUT2D eigenvalue weighted by Gasteiger charge is 2.17. The van der Waals surface area contributed by atoms with Gasteiger partial charge < -0.3 is 4.90 Å². The first-order valence-electron chi connectivity index (χ1n) is 6.07. The van der Waals surface area contributed by atoms with Crippen LogP contribution >= 0.6 is 0 Å². The van der Waals surface area contributed by atoms with Crippen LogP contribution in [0.2, 0.25) is 0 Å². The molecular weight excluding hydrogens is 260 g/mol. The zero-order chi connectivity index (χ0) is 14.7. The van der Waals surface area contributed by atoms with Crippen molar-refractivity contribution >= 4 is 5.82 Å². The summed E-state index contributed by atoms with van der Waals surface area (Å²) in [6, 6.07) is 8.94. The van der Waals surface area contributed by atoms with Gasteiger partial charge in [0.1, 0.15) is 11.9 Å². The fourth-order valence-corrected chi connectivity index (χ4v) is 1.94. The number of nitrogens with zero attached hydrogens (tertiary/aromatic N) is 3. The number of aromatic nitrogens is 1. The van der Waals surface area contributed by atoms with Gasteiger partial charge in [-0.2, -0.15) is 5.26 Å². The standard InChI is InChI=1S/C15H13F2N3/c1-10(11-5-6-13(16)14(17)8-11)20(2)15-12(9-18)4-3-7-19-15/h3-8,10H,1-2H3. The molecule has 1 aromatic heterocycles. The second-order valence-corrected chi connectivity index (χ2v) is 4.45. The summed E-state index contributed by atoms with van der Waals surface area (Å²) >= 11 is 0. The molecule has 5 heteroatoms. The molecule has 2 aromatic rings.